The van der Waals surface area contributed by atoms with E-state index in [1.165, 1.54) is 13.3 Å². The van der Waals surface area contributed by atoms with Crippen molar-refractivity contribution in [2.24, 2.45) is 0 Å². The Morgan fingerprint density at radius 1 is 0.889 bits per heavy atom. The van der Waals surface area contributed by atoms with Crippen molar-refractivity contribution in [3.8, 4) is 5.75 Å². The summed E-state index contributed by atoms with van der Waals surface area (Å²) in [5.41, 5.74) is 1.73. The van der Waals surface area contributed by atoms with Crippen LogP contribution in [0.4, 0.5) is 0 Å². The Kier molecular flexibility index (Phi) is 8.29. The first-order chi connectivity index (χ1) is 17.3. The van der Waals surface area contributed by atoms with Crippen LogP contribution in [0.25, 0.3) is 10.9 Å². The van der Waals surface area contributed by atoms with Crippen LogP contribution in [0.2, 0.25) is 0 Å². The molecule has 1 fully saturated rings. The van der Waals surface area contributed by atoms with Crippen LogP contribution < -0.4 is 4.74 Å². The molecule has 1 amide bonds. The number of hydrogen-bond acceptors (Lipinski definition) is 5. The van der Waals surface area contributed by atoms with Crippen LogP contribution in [0.3, 0.4) is 0 Å². The molecule has 1 aromatic heterocycles. The summed E-state index contributed by atoms with van der Waals surface area (Å²) in [6, 6.07) is 19.6. The number of hydrogen-bond donors (Lipinski definition) is 0. The van der Waals surface area contributed by atoms with Crippen molar-refractivity contribution in [3.05, 3.63) is 71.9 Å². The molecule has 0 aliphatic heterocycles. The molecule has 2 aromatic carbocycles. The van der Waals surface area contributed by atoms with Gasteiger partial charge >= 0.3 is 0 Å². The van der Waals surface area contributed by atoms with E-state index in [1.807, 2.05) is 60.7 Å². The molecule has 0 bridgehead atoms. The van der Waals surface area contributed by atoms with Gasteiger partial charge in [-0.3, -0.25) is 4.79 Å². The zero-order valence-corrected chi connectivity index (χ0v) is 22.1. The first-order valence-electron chi connectivity index (χ1n) is 12.9. The Morgan fingerprint density at radius 3 is 2.11 bits per heavy atom. The number of pyridine rings is 1. The molecule has 4 rings (SSSR count). The van der Waals surface area contributed by atoms with Gasteiger partial charge in [-0.05, 0) is 42.7 Å². The number of benzene rings is 2. The Balaban J connectivity index is 1.60. The Bertz CT molecular complexity index is 1280. The third-order valence-electron chi connectivity index (χ3n) is 7.12. The van der Waals surface area contributed by atoms with Crippen LogP contribution in [0.1, 0.15) is 76.0 Å². The molecule has 1 aliphatic carbocycles. The van der Waals surface area contributed by atoms with Gasteiger partial charge in [0.15, 0.2) is 0 Å². The lowest BCUT2D eigenvalue weighted by atomic mass is 9.79. The largest absolute Gasteiger partial charge is 0.487 e. The van der Waals surface area contributed by atoms with Gasteiger partial charge in [0.05, 0.1) is 23.0 Å². The Hall–Kier alpha value is -2.93. The summed E-state index contributed by atoms with van der Waals surface area (Å²) in [5, 5.41) is 1.09. The van der Waals surface area contributed by atoms with E-state index in [1.54, 1.807) is 0 Å². The topological polar surface area (TPSA) is 76.6 Å². The van der Waals surface area contributed by atoms with Gasteiger partial charge in [-0.25, -0.2) is 17.7 Å². The summed E-state index contributed by atoms with van der Waals surface area (Å²) in [7, 11) is -3.75. The Labute approximate surface area is 214 Å². The molecule has 1 heterocycles. The number of amides is 1. The summed E-state index contributed by atoms with van der Waals surface area (Å²) in [4.78, 5) is 17.4. The molecule has 36 heavy (non-hydrogen) atoms. The molecular formula is C29H36N2O4S. The third kappa shape index (κ3) is 6.06. The highest BCUT2D eigenvalue weighted by molar-refractivity contribution is 7.88. The molecule has 0 saturated heterocycles. The lowest BCUT2D eigenvalue weighted by molar-refractivity contribution is -0.129. The van der Waals surface area contributed by atoms with Crippen molar-refractivity contribution < 1.29 is 17.9 Å². The molecule has 0 atom stereocenters. The lowest BCUT2D eigenvalue weighted by Crippen LogP contribution is -2.51. The number of para-hydroxylation sites is 1. The second kappa shape index (κ2) is 11.4. The fraction of sp³-hybridized carbons (Fsp3) is 0.448. The highest BCUT2D eigenvalue weighted by Gasteiger charge is 2.44. The fourth-order valence-corrected chi connectivity index (χ4v) is 6.90. The first-order valence-corrected chi connectivity index (χ1v) is 14.7. The van der Waals surface area contributed by atoms with E-state index in [9.17, 15) is 13.2 Å². The van der Waals surface area contributed by atoms with Crippen molar-refractivity contribution in [1.82, 2.24) is 9.29 Å². The molecule has 192 valence electrons. The lowest BCUT2D eigenvalue weighted by Gasteiger charge is -2.43. The normalized spacial score (nSPS) is 16.8. The van der Waals surface area contributed by atoms with Gasteiger partial charge in [0.1, 0.15) is 12.4 Å². The number of carbonyl (C=O) groups excluding carboxylic acids is 1. The number of carbonyl (C=O) groups is 1. The van der Waals surface area contributed by atoms with Gasteiger partial charge < -0.3 is 4.74 Å². The number of fused-ring (bicyclic) bond motifs is 1. The molecule has 1 aliphatic rings. The Morgan fingerprint density at radius 2 is 1.50 bits per heavy atom. The number of aromatic nitrogens is 1. The monoisotopic (exact) mass is 508 g/mol. The van der Waals surface area contributed by atoms with E-state index in [-0.39, 0.29) is 0 Å². The average Bonchev–Trinajstić information content (AvgIpc) is 2.85. The highest BCUT2D eigenvalue weighted by Crippen LogP contribution is 2.42. The fourth-order valence-electron chi connectivity index (χ4n) is 5.51. The van der Waals surface area contributed by atoms with Gasteiger partial charge in [0, 0.05) is 12.3 Å². The zero-order valence-electron chi connectivity index (χ0n) is 21.3. The minimum atomic E-state index is -3.75. The predicted molar refractivity (Wildman–Crippen MR) is 143 cm³/mol. The summed E-state index contributed by atoms with van der Waals surface area (Å²) >= 11 is 0. The number of rotatable bonds is 6. The van der Waals surface area contributed by atoms with Crippen molar-refractivity contribution in [2.45, 2.75) is 76.9 Å². The van der Waals surface area contributed by atoms with Gasteiger partial charge in [0.2, 0.25) is 15.9 Å². The quantitative estimate of drug-likeness (QED) is 0.388. The summed E-state index contributed by atoms with van der Waals surface area (Å²) in [5.74, 6) is 0.245. The zero-order chi connectivity index (χ0) is 25.6. The van der Waals surface area contributed by atoms with Crippen LogP contribution in [0, 0.1) is 0 Å². The summed E-state index contributed by atoms with van der Waals surface area (Å²) < 4.78 is 33.0. The van der Waals surface area contributed by atoms with Crippen LogP contribution in [-0.4, -0.2) is 29.9 Å². The minimum Gasteiger partial charge on any atom is -0.487 e. The third-order valence-corrected chi connectivity index (χ3v) is 8.39. The van der Waals surface area contributed by atoms with Gasteiger partial charge in [-0.2, -0.15) is 0 Å². The average molecular weight is 509 g/mol. The van der Waals surface area contributed by atoms with Gasteiger partial charge in [-0.15, -0.1) is 0 Å². The number of nitrogens with zero attached hydrogens (tertiary/aromatic N) is 2. The minimum absolute atomic E-state index is 0.332. The molecule has 0 radical (unpaired) electrons. The van der Waals surface area contributed by atoms with Crippen molar-refractivity contribution in [1.29, 1.82) is 0 Å². The van der Waals surface area contributed by atoms with Gasteiger partial charge in [-0.1, -0.05) is 81.3 Å². The summed E-state index contributed by atoms with van der Waals surface area (Å²) in [6.07, 6.45) is 9.73. The van der Waals surface area contributed by atoms with Crippen molar-refractivity contribution in [3.63, 3.8) is 0 Å². The van der Waals surface area contributed by atoms with E-state index in [2.05, 4.69) is 4.98 Å². The van der Waals surface area contributed by atoms with E-state index in [0.29, 0.717) is 25.2 Å². The predicted octanol–water partition coefficient (Wildman–Crippen LogP) is 6.34. The van der Waals surface area contributed by atoms with Crippen LogP contribution in [-0.2, 0) is 27.0 Å². The number of ether oxygens (including phenoxy) is 1. The van der Waals surface area contributed by atoms with Crippen LogP contribution in [0.5, 0.6) is 5.75 Å². The standard InChI is InChI=1S/C29H36N2O4S/c1-23(32)31(36(2,33)34)29(20-10-6-4-3-5-7-11-21-29)25-15-18-27(19-16-25)35-22-26-17-14-24-12-8-9-13-28(24)30-26/h8-9,12-19H,3-7,10-11,20-22H2,1-2H3. The van der Waals surface area contributed by atoms with Crippen LogP contribution in [0.15, 0.2) is 60.7 Å². The van der Waals surface area contributed by atoms with Crippen LogP contribution >= 0.6 is 0 Å². The maximum atomic E-state index is 12.9. The van der Waals surface area contributed by atoms with E-state index >= 15 is 0 Å². The van der Waals surface area contributed by atoms with E-state index in [4.69, 9.17) is 4.74 Å². The summed E-state index contributed by atoms with van der Waals surface area (Å²) in [6.45, 7) is 1.69. The van der Waals surface area contributed by atoms with E-state index < -0.39 is 21.5 Å². The smallest absolute Gasteiger partial charge is 0.235 e. The second-order valence-corrected chi connectivity index (χ2v) is 11.7. The highest BCUT2D eigenvalue weighted by atomic mass is 32.2. The van der Waals surface area contributed by atoms with Crippen molar-refractivity contribution in [2.75, 3.05) is 6.26 Å². The van der Waals surface area contributed by atoms with Gasteiger partial charge in [0.25, 0.3) is 0 Å². The molecule has 7 heteroatoms. The SMILES string of the molecule is CC(=O)N(C1(c2ccc(OCc3ccc4ccccc4n3)cc2)CCCCCCCCC1)S(C)(=O)=O. The van der Waals surface area contributed by atoms with E-state index in [0.717, 1.165) is 71.2 Å². The molecular weight excluding hydrogens is 472 g/mol. The molecule has 6 nitrogen and oxygen atoms in total. The maximum Gasteiger partial charge on any atom is 0.235 e. The molecule has 0 spiro atoms. The molecule has 0 N–H and O–H groups in total. The van der Waals surface area contributed by atoms with Crippen molar-refractivity contribution >= 4 is 26.8 Å². The molecule has 0 unspecified atom stereocenters. The second-order valence-electron chi connectivity index (χ2n) is 9.86. The molecule has 1 saturated carbocycles. The first kappa shape index (κ1) is 26.1. The maximum absolute atomic E-state index is 12.9. The number of sulfonamides is 1. The molecule has 3 aromatic rings.